The Morgan fingerprint density at radius 1 is 0.958 bits per heavy atom. The highest BCUT2D eigenvalue weighted by Crippen LogP contribution is 2.38. The Bertz CT molecular complexity index is 1730. The van der Waals surface area contributed by atoms with E-state index in [1.807, 2.05) is 45.7 Å². The number of carboxylic acid groups (broad SMARTS) is 1. The summed E-state index contributed by atoms with van der Waals surface area (Å²) in [6, 6.07) is 10.8. The van der Waals surface area contributed by atoms with Gasteiger partial charge in [0.15, 0.2) is 5.78 Å². The third-order valence-electron chi connectivity index (χ3n) is 10.0. The number of aliphatic carboxylic acids is 1. The first-order valence-electron chi connectivity index (χ1n) is 16.5. The first-order valence-corrected chi connectivity index (χ1v) is 17.2. The van der Waals surface area contributed by atoms with Crippen molar-refractivity contribution in [1.82, 2.24) is 19.3 Å². The Balaban J connectivity index is 1.29. The Hall–Kier alpha value is -3.48. The molecule has 2 N–H and O–H groups in total. The van der Waals surface area contributed by atoms with Gasteiger partial charge in [0.05, 0.1) is 34.8 Å². The number of para-hydroxylation sites is 1. The maximum absolute atomic E-state index is 14.8. The van der Waals surface area contributed by atoms with Crippen LogP contribution in [0, 0.1) is 5.92 Å². The lowest BCUT2D eigenvalue weighted by atomic mass is 9.87. The number of fused-ring (bicyclic) bond motifs is 1. The summed E-state index contributed by atoms with van der Waals surface area (Å²) >= 11 is 13.5. The molecule has 11 nitrogen and oxygen atoms in total. The van der Waals surface area contributed by atoms with Gasteiger partial charge in [0.1, 0.15) is 0 Å². The van der Waals surface area contributed by atoms with Crippen molar-refractivity contribution in [3.63, 3.8) is 0 Å². The largest absolute Gasteiger partial charge is 0.481 e. The fraction of sp³-hybridized carbons (Fsp3) is 0.486. The van der Waals surface area contributed by atoms with Crippen LogP contribution in [0.5, 0.6) is 0 Å². The van der Waals surface area contributed by atoms with Crippen molar-refractivity contribution in [2.24, 2.45) is 13.0 Å². The highest BCUT2D eigenvalue weighted by Gasteiger charge is 2.54. The third kappa shape index (κ3) is 6.71. The van der Waals surface area contributed by atoms with Gasteiger partial charge in [0.25, 0.3) is 5.91 Å². The van der Waals surface area contributed by atoms with Crippen LogP contribution < -0.4 is 5.32 Å². The number of halogens is 2. The lowest BCUT2D eigenvalue weighted by molar-refractivity contribution is -0.258. The molecule has 1 aromatic heterocycles. The minimum atomic E-state index is -1.54. The monoisotopic (exact) mass is 697 g/mol. The number of Topliss-reactive ketones (excluding diaryl/α,β-unsaturated/α-hetero) is 1. The number of likely N-dealkylation sites (N-methyl/N-ethyl adjacent to an activating group) is 1. The summed E-state index contributed by atoms with van der Waals surface area (Å²) in [7, 11) is 3.62. The van der Waals surface area contributed by atoms with Gasteiger partial charge in [-0.1, -0.05) is 41.4 Å². The first kappa shape index (κ1) is 34.4. The quantitative estimate of drug-likeness (QED) is 0.302. The number of aryl methyl sites for hydroxylation is 1. The summed E-state index contributed by atoms with van der Waals surface area (Å²) in [5.41, 5.74) is 2.20. The van der Waals surface area contributed by atoms with Crippen LogP contribution in [0.2, 0.25) is 10.0 Å². The smallest absolute Gasteiger partial charge is 0.306 e. The van der Waals surface area contributed by atoms with Gasteiger partial charge in [0.2, 0.25) is 11.8 Å². The van der Waals surface area contributed by atoms with E-state index in [1.165, 1.54) is 0 Å². The van der Waals surface area contributed by atoms with Crippen molar-refractivity contribution < 1.29 is 29.0 Å². The summed E-state index contributed by atoms with van der Waals surface area (Å²) in [6.45, 7) is 2.11. The summed E-state index contributed by atoms with van der Waals surface area (Å²) in [6.07, 6.45) is 4.95. The number of ether oxygens (including phenoxy) is 1. The number of benzene rings is 2. The predicted octanol–water partition coefficient (Wildman–Crippen LogP) is 5.03. The van der Waals surface area contributed by atoms with Crippen LogP contribution in [0.15, 0.2) is 42.6 Å². The fourth-order valence-electron chi connectivity index (χ4n) is 7.28. The molecule has 3 fully saturated rings. The van der Waals surface area contributed by atoms with Gasteiger partial charge >= 0.3 is 5.97 Å². The van der Waals surface area contributed by atoms with Crippen molar-refractivity contribution in [2.75, 3.05) is 45.1 Å². The molecule has 48 heavy (non-hydrogen) atoms. The predicted molar refractivity (Wildman–Crippen MR) is 183 cm³/mol. The van der Waals surface area contributed by atoms with Crippen molar-refractivity contribution >= 4 is 63.4 Å². The Labute approximate surface area is 289 Å². The minimum absolute atomic E-state index is 0.0108. The van der Waals surface area contributed by atoms with Crippen molar-refractivity contribution in [3.8, 4) is 0 Å². The molecule has 6 rings (SSSR count). The number of likely N-dealkylation sites (tertiary alicyclic amines) is 1. The van der Waals surface area contributed by atoms with Gasteiger partial charge in [-0.2, -0.15) is 0 Å². The highest BCUT2D eigenvalue weighted by atomic mass is 35.5. The molecule has 1 saturated carbocycles. The zero-order valence-electron chi connectivity index (χ0n) is 27.2. The van der Waals surface area contributed by atoms with Crippen molar-refractivity contribution in [2.45, 2.75) is 56.9 Å². The molecule has 3 heterocycles. The molecule has 1 atom stereocenters. The normalized spacial score (nSPS) is 22.2. The fourth-order valence-corrected chi connectivity index (χ4v) is 7.75. The molecule has 1 aliphatic carbocycles. The van der Waals surface area contributed by atoms with Crippen LogP contribution in [-0.4, -0.2) is 99.7 Å². The number of carbonyl (C=O) groups excluding carboxylic acids is 3. The molecule has 256 valence electrons. The van der Waals surface area contributed by atoms with Crippen LogP contribution in [0.3, 0.4) is 0 Å². The average molecular weight is 699 g/mol. The maximum Gasteiger partial charge on any atom is 0.306 e. The molecule has 2 aromatic carbocycles. The summed E-state index contributed by atoms with van der Waals surface area (Å²) < 4.78 is 8.77. The van der Waals surface area contributed by atoms with Gasteiger partial charge in [0, 0.05) is 68.8 Å². The van der Waals surface area contributed by atoms with Crippen LogP contribution in [0.4, 0.5) is 5.69 Å². The molecule has 2 aliphatic heterocycles. The van der Waals surface area contributed by atoms with Gasteiger partial charge in [-0.25, -0.2) is 4.90 Å². The average Bonchev–Trinajstić information content (AvgIpc) is 3.73. The topological polar surface area (TPSA) is 124 Å². The van der Waals surface area contributed by atoms with E-state index < -0.39 is 17.7 Å². The summed E-state index contributed by atoms with van der Waals surface area (Å²) in [4.78, 5) is 58.3. The summed E-state index contributed by atoms with van der Waals surface area (Å²) in [5, 5.41) is 13.7. The van der Waals surface area contributed by atoms with E-state index >= 15 is 0 Å². The van der Waals surface area contributed by atoms with Crippen LogP contribution in [-0.2, 0) is 32.6 Å². The van der Waals surface area contributed by atoms with E-state index in [-0.39, 0.29) is 46.7 Å². The van der Waals surface area contributed by atoms with Gasteiger partial charge in [-0.05, 0) is 62.3 Å². The number of carboxylic acids is 1. The highest BCUT2D eigenvalue weighted by molar-refractivity contribution is 6.36. The standard InChI is InChI=1S/C35H41Cl2N5O6/c1-39-15-16-42(21-32(39)44)35(41-13-5-6-14-41,48-24-11-9-22(10-12-24)34(46)47)31(43)18-23-17-28(37)29(19-27(23)36)38-33(45)26-20-40(2)30-8-4-3-7-25(26)30/h3-4,7-8,17,19-20,22,24H,5-6,9-16,18,21H2,1-2H3,(H,38,45)(H,46,47). The van der Waals surface area contributed by atoms with Gasteiger partial charge < -0.3 is 24.6 Å². The number of piperazine rings is 1. The number of rotatable bonds is 10. The number of aromatic nitrogens is 1. The van der Waals surface area contributed by atoms with Crippen molar-refractivity contribution in [3.05, 3.63) is 63.8 Å². The third-order valence-corrected chi connectivity index (χ3v) is 10.7. The molecule has 13 heteroatoms. The molecule has 0 radical (unpaired) electrons. The molecule has 2 saturated heterocycles. The second kappa shape index (κ2) is 14.2. The SMILES string of the molecule is CN1CCN(C(OC2CCC(C(=O)O)CC2)(C(=O)Cc2cc(Cl)c(NC(=O)c3cn(C)c4ccccc34)cc2Cl)N2CCCC2)CC1=O. The molecular weight excluding hydrogens is 657 g/mol. The number of carbonyl (C=O) groups is 4. The van der Waals surface area contributed by atoms with Crippen molar-refractivity contribution in [1.29, 1.82) is 0 Å². The van der Waals surface area contributed by atoms with Crippen LogP contribution in [0.1, 0.15) is 54.4 Å². The number of nitrogens with one attached hydrogen (secondary N) is 1. The Morgan fingerprint density at radius 2 is 1.67 bits per heavy atom. The second-order valence-corrected chi connectivity index (χ2v) is 13.9. The molecule has 1 unspecified atom stereocenters. The Morgan fingerprint density at radius 3 is 2.35 bits per heavy atom. The van der Waals surface area contributed by atoms with E-state index in [0.29, 0.717) is 68.7 Å². The second-order valence-electron chi connectivity index (χ2n) is 13.1. The molecule has 3 aromatic rings. The molecule has 0 bridgehead atoms. The molecule has 3 aliphatic rings. The maximum atomic E-state index is 14.8. The summed E-state index contributed by atoms with van der Waals surface area (Å²) in [5.74, 6) is -3.51. The number of amides is 2. The Kier molecular flexibility index (Phi) is 10.1. The van der Waals surface area contributed by atoms with E-state index in [1.54, 1.807) is 30.3 Å². The van der Waals surface area contributed by atoms with E-state index in [2.05, 4.69) is 5.32 Å². The molecular formula is C35H41Cl2N5O6. The number of hydrogen-bond acceptors (Lipinski definition) is 7. The van der Waals surface area contributed by atoms with E-state index in [4.69, 9.17) is 27.9 Å². The minimum Gasteiger partial charge on any atom is -0.481 e. The van der Waals surface area contributed by atoms with Gasteiger partial charge in [-0.3, -0.25) is 24.1 Å². The van der Waals surface area contributed by atoms with Crippen LogP contribution >= 0.6 is 23.2 Å². The zero-order valence-corrected chi connectivity index (χ0v) is 28.7. The van der Waals surface area contributed by atoms with E-state index in [9.17, 15) is 24.3 Å². The zero-order chi connectivity index (χ0) is 34.2. The van der Waals surface area contributed by atoms with Gasteiger partial charge in [-0.15, -0.1) is 0 Å². The lowest BCUT2D eigenvalue weighted by Crippen LogP contribution is -2.71. The molecule has 2 amide bonds. The number of nitrogens with zero attached hydrogens (tertiary/aromatic N) is 4. The first-order chi connectivity index (χ1) is 23.0. The van der Waals surface area contributed by atoms with Crippen LogP contribution in [0.25, 0.3) is 10.9 Å². The number of anilines is 1. The molecule has 0 spiro atoms. The number of ketones is 1. The lowest BCUT2D eigenvalue weighted by Gasteiger charge is -2.51. The number of hydrogen-bond donors (Lipinski definition) is 2. The van der Waals surface area contributed by atoms with E-state index in [0.717, 1.165) is 23.7 Å².